The molecule has 3 fully saturated rings. The maximum absolute atomic E-state index is 14.7. The third-order valence-electron chi connectivity index (χ3n) is 15.5. The lowest BCUT2D eigenvalue weighted by Gasteiger charge is -2.54. The summed E-state index contributed by atoms with van der Waals surface area (Å²) in [5, 5.41) is 51.6. The van der Waals surface area contributed by atoms with Crippen LogP contribution in [0.3, 0.4) is 0 Å². The zero-order chi connectivity index (χ0) is 49.1. The zero-order valence-corrected chi connectivity index (χ0v) is 42.7. The molecule has 0 bridgehead atoms. The van der Waals surface area contributed by atoms with Crippen molar-refractivity contribution in [3.8, 4) is 11.5 Å². The number of nitrogens with one attached hydrogen (secondary N) is 1. The second kappa shape index (κ2) is 22.3. The molecular formula is C50H87N3O13. The molecule has 0 unspecified atom stereocenters. The lowest BCUT2D eigenvalue weighted by atomic mass is 9.72. The Kier molecular flexibility index (Phi) is 18.5. The third kappa shape index (κ3) is 11.9. The molecule has 380 valence electrons. The molecule has 0 aromatic heterocycles. The molecule has 5 N–H and O–H groups in total. The Hall–Kier alpha value is -2.19. The molecule has 0 spiro atoms. The molecule has 4 aliphatic rings. The van der Waals surface area contributed by atoms with Gasteiger partial charge in [-0.2, -0.15) is 0 Å². The first-order valence-corrected chi connectivity index (χ1v) is 24.5. The minimum Gasteiger partial charge on any atom is -0.459 e. The summed E-state index contributed by atoms with van der Waals surface area (Å²) < 4.78 is 50.7. The van der Waals surface area contributed by atoms with Gasteiger partial charge in [-0.05, 0) is 117 Å². The summed E-state index contributed by atoms with van der Waals surface area (Å²) in [5.74, 6) is -1.15. The molecule has 0 saturated carbocycles. The van der Waals surface area contributed by atoms with Gasteiger partial charge < -0.3 is 73.4 Å². The third-order valence-corrected chi connectivity index (χ3v) is 15.5. The molecule has 4 aliphatic heterocycles. The second-order valence-corrected chi connectivity index (χ2v) is 21.5. The average molecular weight is 938 g/mol. The summed E-state index contributed by atoms with van der Waals surface area (Å²) in [7, 11) is 5.44. The van der Waals surface area contributed by atoms with Gasteiger partial charge in [0.2, 0.25) is 6.79 Å². The van der Waals surface area contributed by atoms with Crippen LogP contribution in [0, 0.1) is 23.2 Å². The number of hydrogen-bond acceptors (Lipinski definition) is 16. The van der Waals surface area contributed by atoms with Crippen molar-refractivity contribution >= 4 is 5.97 Å². The van der Waals surface area contributed by atoms with Gasteiger partial charge >= 0.3 is 5.97 Å². The first-order chi connectivity index (χ1) is 30.8. The number of nitrogens with zero attached hydrogens (tertiary/aromatic N) is 2. The van der Waals surface area contributed by atoms with Crippen molar-refractivity contribution in [1.82, 2.24) is 15.1 Å². The number of ether oxygens (including phenoxy) is 8. The van der Waals surface area contributed by atoms with Gasteiger partial charge in [0.25, 0.3) is 0 Å². The second-order valence-electron chi connectivity index (χ2n) is 21.5. The van der Waals surface area contributed by atoms with Crippen LogP contribution in [0.25, 0.3) is 0 Å². The number of rotatable bonds is 13. The number of esters is 1. The highest BCUT2D eigenvalue weighted by atomic mass is 16.7. The average Bonchev–Trinajstić information content (AvgIpc) is 3.73. The van der Waals surface area contributed by atoms with E-state index in [0.717, 1.165) is 18.5 Å². The van der Waals surface area contributed by atoms with Crippen molar-refractivity contribution in [3.63, 3.8) is 0 Å². The number of likely N-dealkylation sites (N-methyl/N-ethyl adjacent to an activating group) is 1. The fraction of sp³-hybridized carbons (Fsp3) is 0.860. The summed E-state index contributed by atoms with van der Waals surface area (Å²) in [5.41, 5.74) is -4.15. The quantitative estimate of drug-likeness (QED) is 0.169. The Morgan fingerprint density at radius 2 is 1.62 bits per heavy atom. The summed E-state index contributed by atoms with van der Waals surface area (Å²) in [6.07, 6.45) is -5.29. The fourth-order valence-electron chi connectivity index (χ4n) is 11.3. The highest BCUT2D eigenvalue weighted by Crippen LogP contribution is 2.45. The van der Waals surface area contributed by atoms with E-state index in [1.165, 1.54) is 0 Å². The highest BCUT2D eigenvalue weighted by Gasteiger charge is 2.58. The number of aliphatic hydroxyl groups is 4. The summed E-state index contributed by atoms with van der Waals surface area (Å²) >= 11 is 0. The summed E-state index contributed by atoms with van der Waals surface area (Å²) in [6, 6.07) is 5.49. The molecule has 5 rings (SSSR count). The molecule has 1 aromatic carbocycles. The van der Waals surface area contributed by atoms with E-state index < -0.39 is 89.2 Å². The monoisotopic (exact) mass is 938 g/mol. The number of carbonyl (C=O) groups is 1. The molecule has 0 amide bonds. The molecule has 0 aliphatic carbocycles. The van der Waals surface area contributed by atoms with Crippen LogP contribution >= 0.6 is 0 Å². The van der Waals surface area contributed by atoms with Crippen molar-refractivity contribution < 1.29 is 63.1 Å². The Balaban J connectivity index is 1.53. The predicted octanol–water partition coefficient (Wildman–Crippen LogP) is 4.84. The Morgan fingerprint density at radius 1 is 0.939 bits per heavy atom. The minimum absolute atomic E-state index is 0.00784. The van der Waals surface area contributed by atoms with Crippen LogP contribution in [0.2, 0.25) is 0 Å². The molecule has 66 heavy (non-hydrogen) atoms. The number of cyclic esters (lactones) is 1. The van der Waals surface area contributed by atoms with E-state index >= 15 is 0 Å². The first kappa shape index (κ1) is 54.7. The number of benzene rings is 1. The topological polar surface area (TPSA) is 190 Å². The fourth-order valence-corrected chi connectivity index (χ4v) is 11.3. The van der Waals surface area contributed by atoms with E-state index in [-0.39, 0.29) is 50.3 Å². The number of aliphatic hydroxyl groups excluding tert-OH is 2. The van der Waals surface area contributed by atoms with Gasteiger partial charge in [0.15, 0.2) is 24.1 Å². The van der Waals surface area contributed by atoms with Crippen molar-refractivity contribution in [2.45, 2.75) is 206 Å². The van der Waals surface area contributed by atoms with E-state index in [4.69, 9.17) is 37.9 Å². The predicted molar refractivity (Wildman–Crippen MR) is 250 cm³/mol. The van der Waals surface area contributed by atoms with Crippen molar-refractivity contribution in [2.24, 2.45) is 23.2 Å². The Morgan fingerprint density at radius 3 is 2.26 bits per heavy atom. The molecule has 4 heterocycles. The first-order valence-electron chi connectivity index (χ1n) is 24.5. The van der Waals surface area contributed by atoms with E-state index in [2.05, 4.69) is 37.9 Å². The maximum atomic E-state index is 14.7. The van der Waals surface area contributed by atoms with E-state index in [0.29, 0.717) is 37.4 Å². The zero-order valence-electron chi connectivity index (χ0n) is 42.7. The molecule has 0 radical (unpaired) electrons. The number of fused-ring (bicyclic) bond motifs is 1. The minimum atomic E-state index is -1.77. The van der Waals surface area contributed by atoms with Crippen molar-refractivity contribution in [1.29, 1.82) is 0 Å². The van der Waals surface area contributed by atoms with Crippen LogP contribution in [0.1, 0.15) is 121 Å². The molecule has 17 atom stereocenters. The summed E-state index contributed by atoms with van der Waals surface area (Å²) in [4.78, 5) is 19.0. The lowest BCUT2D eigenvalue weighted by Crippen LogP contribution is -2.70. The number of carbonyl (C=O) groups excluding carboxylic acids is 1. The van der Waals surface area contributed by atoms with Gasteiger partial charge in [-0.25, -0.2) is 0 Å². The van der Waals surface area contributed by atoms with Gasteiger partial charge in [0.1, 0.15) is 29.0 Å². The van der Waals surface area contributed by atoms with E-state index in [9.17, 15) is 25.2 Å². The van der Waals surface area contributed by atoms with Crippen molar-refractivity contribution in [3.05, 3.63) is 23.8 Å². The van der Waals surface area contributed by atoms with Gasteiger partial charge in [-0.15, -0.1) is 0 Å². The molecule has 16 heteroatoms. The van der Waals surface area contributed by atoms with E-state index in [1.807, 2.05) is 71.8 Å². The standard InChI is InChI=1S/C50H87N3O13/c1-16-20-53-26-29(3)43(55)49(12,57)39(17-2)64-45(56)33(7)42(32(6)44(47(9,10)23-30(53)4)66-46-41(54)36(52(13)14)21-31(5)62-46)65-40-24-48(11,59-15)50(58,34(8)63-40)27-51-25-35-18-19-37-38(22-35)61-28-60-37/h18-19,22,29-34,36,39-44,46,51,54-55,57-58H,16-17,20-21,23-28H2,1-15H3/t29-,30+,31+,32-,33+,34-,36-,39+,40+,41+,42+,43+,44+,46-,48-,49+,50+/m0/s1. The highest BCUT2D eigenvalue weighted by molar-refractivity contribution is 5.73. The lowest BCUT2D eigenvalue weighted by molar-refractivity contribution is -0.334. The van der Waals surface area contributed by atoms with Gasteiger partial charge in [-0.1, -0.05) is 47.6 Å². The van der Waals surface area contributed by atoms with Crippen molar-refractivity contribution in [2.75, 3.05) is 47.6 Å². The van der Waals surface area contributed by atoms with Crippen LogP contribution in [0.5, 0.6) is 11.5 Å². The van der Waals surface area contributed by atoms with Gasteiger partial charge in [-0.3, -0.25) is 4.79 Å². The van der Waals surface area contributed by atoms with E-state index in [1.54, 1.807) is 27.9 Å². The molecule has 3 saturated heterocycles. The SMILES string of the molecule is CCCN1C[C@H](C)[C@@H](O)[C@](C)(O)[C@@H](CC)OC(=O)[C@H](C)[C@H](O[C@@H]2C[C@](C)(OC)[C@@](O)(CNCc3ccc4c(c3)OCO4)[C@H](C)O2)[C@H](C)[C@@H](O[C@@H]2O[C@H](C)C[C@H](N(C)C)[C@H]2O)C(C)(C)C[C@H]1C. The normalized spacial score (nSPS) is 41.8. The van der Waals surface area contributed by atoms with Crippen LogP contribution in [-0.4, -0.2) is 168 Å². The largest absolute Gasteiger partial charge is 0.459 e. The smallest absolute Gasteiger partial charge is 0.311 e. The van der Waals surface area contributed by atoms with Crippen LogP contribution in [-0.2, 0) is 39.8 Å². The Bertz CT molecular complexity index is 1720. The maximum Gasteiger partial charge on any atom is 0.311 e. The Labute approximate surface area is 395 Å². The van der Waals surface area contributed by atoms with Gasteiger partial charge in [0.05, 0.1) is 36.4 Å². The number of hydrogen-bond donors (Lipinski definition) is 5. The molecular weight excluding hydrogens is 851 g/mol. The van der Waals surface area contributed by atoms with Crippen LogP contribution in [0.15, 0.2) is 18.2 Å². The molecule has 16 nitrogen and oxygen atoms in total. The summed E-state index contributed by atoms with van der Waals surface area (Å²) in [6.45, 7) is 25.2. The number of methoxy groups -OCH3 is 1. The van der Waals surface area contributed by atoms with Crippen LogP contribution in [0.4, 0.5) is 0 Å². The van der Waals surface area contributed by atoms with Crippen LogP contribution < -0.4 is 14.8 Å². The molecule has 1 aromatic rings. The van der Waals surface area contributed by atoms with Gasteiger partial charge in [0, 0.05) is 51.2 Å².